The molecule has 3 N–H and O–H groups in total. The van der Waals surface area contributed by atoms with Crippen molar-refractivity contribution in [1.82, 2.24) is 39.0 Å². The van der Waals surface area contributed by atoms with Crippen molar-refractivity contribution in [3.8, 4) is 34.4 Å². The van der Waals surface area contributed by atoms with Crippen molar-refractivity contribution in [1.29, 1.82) is 0 Å². The maximum Gasteiger partial charge on any atom is 0.416 e. The number of alkyl halides is 12. The van der Waals surface area contributed by atoms with Gasteiger partial charge in [0.25, 0.3) is 0 Å². The highest BCUT2D eigenvalue weighted by Crippen LogP contribution is 2.46. The van der Waals surface area contributed by atoms with Crippen LogP contribution < -0.4 is 39.8 Å². The summed E-state index contributed by atoms with van der Waals surface area (Å²) in [6.45, 7) is 3.34. The normalized spacial score (nSPS) is 15.2. The van der Waals surface area contributed by atoms with Crippen LogP contribution in [-0.4, -0.2) is 80.6 Å². The van der Waals surface area contributed by atoms with Gasteiger partial charge in [0, 0.05) is 50.0 Å². The van der Waals surface area contributed by atoms with Crippen LogP contribution in [0.15, 0.2) is 110 Å². The molecule has 10 rings (SSSR count). The number of nitrogens with zero attached hydrogens (tertiary/aromatic N) is 10. The van der Waals surface area contributed by atoms with Gasteiger partial charge in [0.15, 0.2) is 23.1 Å². The van der Waals surface area contributed by atoms with Gasteiger partial charge in [-0.1, -0.05) is 12.1 Å². The van der Waals surface area contributed by atoms with Gasteiger partial charge in [0.2, 0.25) is 11.2 Å². The number of imidazole rings is 2. The fourth-order valence-electron chi connectivity index (χ4n) is 8.57. The predicted molar refractivity (Wildman–Crippen MR) is 273 cm³/mol. The largest absolute Gasteiger partial charge is 0.494 e. The molecule has 0 saturated heterocycles. The fraction of sp³-hybridized carbons (Fsp3) is 0.269. The highest BCUT2D eigenvalue weighted by atomic mass is 35.5. The highest BCUT2D eigenvalue weighted by molar-refractivity contribution is 6.28. The Bertz CT molecular complexity index is 3550. The molecule has 81 heavy (non-hydrogen) atoms. The number of likely N-dealkylation sites (N-methyl/N-ethyl adjacent to an activating group) is 2. The molecular formula is C52H45ClF12N12O4. The number of benzene rings is 4. The molecule has 2 aliphatic rings. The average molecular weight is 1170 g/mol. The van der Waals surface area contributed by atoms with Gasteiger partial charge < -0.3 is 48.9 Å². The molecule has 0 fully saturated rings. The Morgan fingerprint density at radius 3 is 1.48 bits per heavy atom. The van der Waals surface area contributed by atoms with Crippen LogP contribution in [0, 0.1) is 13.8 Å². The second-order valence-electron chi connectivity index (χ2n) is 18.0. The van der Waals surface area contributed by atoms with Crippen LogP contribution in [0.5, 0.6) is 23.0 Å². The maximum absolute atomic E-state index is 13.8. The van der Waals surface area contributed by atoms with Crippen LogP contribution in [0.25, 0.3) is 11.4 Å². The first-order chi connectivity index (χ1) is 38.0. The van der Waals surface area contributed by atoms with E-state index in [0.717, 1.165) is 40.6 Å². The molecule has 4 aromatic carbocycles. The molecule has 29 heteroatoms. The second-order valence-corrected chi connectivity index (χ2v) is 18.3. The number of methoxy groups -OCH3 is 2. The zero-order valence-corrected chi connectivity index (χ0v) is 43.8. The van der Waals surface area contributed by atoms with Crippen molar-refractivity contribution in [3.63, 3.8) is 0 Å². The van der Waals surface area contributed by atoms with Crippen LogP contribution in [0.1, 0.15) is 56.9 Å². The minimum absolute atomic E-state index is 0.103. The van der Waals surface area contributed by atoms with Crippen molar-refractivity contribution in [2.45, 2.75) is 50.6 Å². The molecular weight excluding hydrogens is 1120 g/mol. The summed E-state index contributed by atoms with van der Waals surface area (Å²) in [7, 11) is 6.09. The number of halogens is 13. The van der Waals surface area contributed by atoms with Gasteiger partial charge in [0.1, 0.15) is 24.7 Å². The van der Waals surface area contributed by atoms with Gasteiger partial charge in [-0.05, 0) is 85.1 Å². The zero-order valence-electron chi connectivity index (χ0n) is 43.1. The van der Waals surface area contributed by atoms with Crippen LogP contribution in [0.4, 0.5) is 81.6 Å². The third-order valence-corrected chi connectivity index (χ3v) is 12.7. The molecule has 0 saturated carbocycles. The summed E-state index contributed by atoms with van der Waals surface area (Å²) in [5.74, 6) is 2.14. The van der Waals surface area contributed by atoms with Gasteiger partial charge in [-0.15, -0.1) is 0 Å². The molecule has 6 heterocycles. The topological polar surface area (TPSA) is 169 Å². The fourth-order valence-corrected chi connectivity index (χ4v) is 8.70. The molecule has 2 unspecified atom stereocenters. The van der Waals surface area contributed by atoms with Gasteiger partial charge in [-0.25, -0.2) is 19.9 Å². The minimum atomic E-state index is -5.02. The summed E-state index contributed by atoms with van der Waals surface area (Å²) in [6, 6.07) is 11.9. The first-order valence-electron chi connectivity index (χ1n) is 23.6. The smallest absolute Gasteiger partial charge is 0.416 e. The van der Waals surface area contributed by atoms with E-state index in [9.17, 15) is 52.7 Å². The van der Waals surface area contributed by atoms with E-state index in [1.54, 1.807) is 48.6 Å². The number of hydrogen-bond donors (Lipinski definition) is 2. The van der Waals surface area contributed by atoms with E-state index >= 15 is 0 Å². The van der Waals surface area contributed by atoms with Crippen molar-refractivity contribution >= 4 is 40.6 Å². The van der Waals surface area contributed by atoms with Crippen LogP contribution in [0.2, 0.25) is 5.28 Å². The lowest BCUT2D eigenvalue weighted by Gasteiger charge is -2.36. The molecule has 2 atom stereocenters. The third kappa shape index (κ3) is 13.2. The van der Waals surface area contributed by atoms with Gasteiger partial charge in [-0.2, -0.15) is 62.7 Å². The van der Waals surface area contributed by atoms with E-state index in [-0.39, 0.29) is 70.8 Å². The van der Waals surface area contributed by atoms with Crippen molar-refractivity contribution in [2.24, 2.45) is 0 Å². The quantitative estimate of drug-likeness (QED) is 0.0837. The summed E-state index contributed by atoms with van der Waals surface area (Å²) in [4.78, 5) is 27.4. The zero-order chi connectivity index (χ0) is 58.9. The standard InChI is InChI=1S/C26H22F6N6O2.C15H10ClF6N3O.C11H13N3O/c1-14-11-38(13-34-14)19-7-5-16(9-21(19)39-3)35-24-33-10-22-23(36-24)37(2)20(12-40-22)17-6-4-15(25(27,28)29)8-18(17)26(30,31)32;1-25-10(6-26-11-5-23-13(16)24-12(11)25)8-3-2-7(14(17,18)19)4-9(8)15(20,21)22;1-8-6-14(7-13-8)10-4-3-9(12)5-11(10)15-2/h4-11,13,20H,12H2,1-3H3,(H,33,35,36);2-5,10H,6H2,1H3;3-7H,12H2,1-2H3. The molecule has 428 valence electrons. The Hall–Kier alpha value is -8.69. The Labute approximate surface area is 457 Å². The van der Waals surface area contributed by atoms with Crippen molar-refractivity contribution in [2.75, 3.05) is 62.4 Å². The summed E-state index contributed by atoms with van der Waals surface area (Å²) in [5.41, 5.74) is 4.16. The Kier molecular flexibility index (Phi) is 16.5. The predicted octanol–water partition coefficient (Wildman–Crippen LogP) is 12.8. The van der Waals surface area contributed by atoms with E-state index in [0.29, 0.717) is 29.3 Å². The number of nitrogens with one attached hydrogen (secondary N) is 1. The molecule has 0 radical (unpaired) electrons. The summed E-state index contributed by atoms with van der Waals surface area (Å²) < 4.78 is 185. The third-order valence-electron chi connectivity index (χ3n) is 12.5. The van der Waals surface area contributed by atoms with E-state index in [2.05, 4.69) is 35.2 Å². The lowest BCUT2D eigenvalue weighted by Crippen LogP contribution is -2.35. The Morgan fingerprint density at radius 1 is 0.580 bits per heavy atom. The van der Waals surface area contributed by atoms with Crippen LogP contribution >= 0.6 is 11.6 Å². The van der Waals surface area contributed by atoms with Crippen LogP contribution in [-0.2, 0) is 24.7 Å². The molecule has 8 aromatic rings. The molecule has 0 amide bonds. The molecule has 4 aromatic heterocycles. The number of ether oxygens (including phenoxy) is 4. The lowest BCUT2D eigenvalue weighted by molar-refractivity contribution is -0.145. The minimum Gasteiger partial charge on any atom is -0.494 e. The highest BCUT2D eigenvalue weighted by Gasteiger charge is 2.43. The van der Waals surface area contributed by atoms with Gasteiger partial charge in [-0.3, -0.25) is 0 Å². The number of nitrogens with two attached hydrogens (primary N) is 1. The van der Waals surface area contributed by atoms with E-state index in [1.807, 2.05) is 42.9 Å². The molecule has 0 bridgehead atoms. The summed E-state index contributed by atoms with van der Waals surface area (Å²) >= 11 is 5.70. The molecule has 0 spiro atoms. The number of aromatic nitrogens is 8. The number of fused-ring (bicyclic) bond motifs is 2. The Morgan fingerprint density at radius 2 is 1.04 bits per heavy atom. The van der Waals surface area contributed by atoms with E-state index < -0.39 is 59.0 Å². The SMILES string of the molecule is CN1c2nc(Cl)ncc2OCC1c1ccc(C(F)(F)F)cc1C(F)(F)F.COc1cc(N)ccc1-n1cnc(C)c1.COc1cc(Nc2ncc3c(n2)N(C)C(c2ccc(C(F)(F)F)cc2C(F)(F)F)CO3)ccc1-n1cnc(C)c1. The van der Waals surface area contributed by atoms with Gasteiger partial charge >= 0.3 is 24.7 Å². The first-order valence-corrected chi connectivity index (χ1v) is 24.0. The van der Waals surface area contributed by atoms with Crippen LogP contribution in [0.3, 0.4) is 0 Å². The van der Waals surface area contributed by atoms with Gasteiger partial charge in [0.05, 0.1) is 96.4 Å². The maximum atomic E-state index is 13.8. The summed E-state index contributed by atoms with van der Waals surface area (Å²) in [6.07, 6.45) is -9.98. The van der Waals surface area contributed by atoms with Crippen molar-refractivity contribution in [3.05, 3.63) is 160 Å². The van der Waals surface area contributed by atoms with E-state index in [1.165, 1.54) is 43.4 Å². The number of aryl methyl sites for hydroxylation is 2. The molecule has 2 aliphatic heterocycles. The second kappa shape index (κ2) is 22.8. The Balaban J connectivity index is 0.000000178. The number of rotatable bonds is 8. The first kappa shape index (κ1) is 58.5. The molecule has 0 aliphatic carbocycles. The summed E-state index contributed by atoms with van der Waals surface area (Å²) in [5, 5.41) is 2.90. The average Bonchev–Trinajstić information content (AvgIpc) is 4.13. The number of hydrogen-bond acceptors (Lipinski definition) is 14. The van der Waals surface area contributed by atoms with Crippen molar-refractivity contribution < 1.29 is 71.6 Å². The molecule has 16 nitrogen and oxygen atoms in total. The number of anilines is 5. The van der Waals surface area contributed by atoms with E-state index in [4.69, 9.17) is 36.3 Å². The monoisotopic (exact) mass is 1160 g/mol. The number of nitrogen functional groups attached to an aromatic ring is 1. The lowest BCUT2D eigenvalue weighted by atomic mass is 9.96.